The first kappa shape index (κ1) is 12.5. The van der Waals surface area contributed by atoms with Gasteiger partial charge in [-0.05, 0) is 31.0 Å². The zero-order valence-electron chi connectivity index (χ0n) is 11.5. The highest BCUT2D eigenvalue weighted by Crippen LogP contribution is 2.31. The highest BCUT2D eigenvalue weighted by atomic mass is 15.1. The molecule has 0 N–H and O–H groups in total. The first-order valence-electron chi connectivity index (χ1n) is 6.56. The molecule has 0 unspecified atom stereocenters. The third-order valence-corrected chi connectivity index (χ3v) is 3.28. The molecule has 3 nitrogen and oxygen atoms in total. The Morgan fingerprint density at radius 2 is 1.65 bits per heavy atom. The number of hydrogen-bond acceptors (Lipinski definition) is 3. The lowest BCUT2D eigenvalue weighted by Crippen LogP contribution is -1.96. The number of aromatic nitrogens is 3. The van der Waals surface area contributed by atoms with E-state index >= 15 is 0 Å². The van der Waals surface area contributed by atoms with Crippen molar-refractivity contribution in [3.05, 3.63) is 66.1 Å². The van der Waals surface area contributed by atoms with Gasteiger partial charge in [0.1, 0.15) is 0 Å². The monoisotopic (exact) mass is 261 g/mol. The number of rotatable bonds is 2. The molecule has 0 bridgehead atoms. The van der Waals surface area contributed by atoms with Crippen LogP contribution >= 0.6 is 0 Å². The maximum Gasteiger partial charge on any atom is 0.0725 e. The van der Waals surface area contributed by atoms with Gasteiger partial charge >= 0.3 is 0 Å². The number of nitrogens with zero attached hydrogens (tertiary/aromatic N) is 3. The highest BCUT2D eigenvalue weighted by molar-refractivity contribution is 5.82. The molecule has 3 aromatic rings. The molecule has 0 fully saturated rings. The van der Waals surface area contributed by atoms with E-state index in [1.54, 1.807) is 6.20 Å². The Bertz CT molecular complexity index is 719. The minimum atomic E-state index is 0.913. The summed E-state index contributed by atoms with van der Waals surface area (Å²) in [5.41, 5.74) is 6.23. The van der Waals surface area contributed by atoms with Crippen molar-refractivity contribution in [3.8, 4) is 22.4 Å². The van der Waals surface area contributed by atoms with Crippen molar-refractivity contribution in [3.63, 3.8) is 0 Å². The number of benzene rings is 1. The first-order chi connectivity index (χ1) is 9.75. The zero-order chi connectivity index (χ0) is 13.9. The van der Waals surface area contributed by atoms with Crippen molar-refractivity contribution in [2.45, 2.75) is 13.8 Å². The second kappa shape index (κ2) is 5.21. The number of aryl methyl sites for hydroxylation is 2. The molecular weight excluding hydrogens is 246 g/mol. The van der Waals surface area contributed by atoms with Crippen molar-refractivity contribution in [1.82, 2.24) is 15.2 Å². The molecule has 0 amide bonds. The molecular formula is C17H15N3. The zero-order valence-corrected chi connectivity index (χ0v) is 11.5. The Labute approximate surface area is 118 Å². The molecule has 2 aromatic heterocycles. The van der Waals surface area contributed by atoms with Crippen LogP contribution in [-0.2, 0) is 0 Å². The van der Waals surface area contributed by atoms with E-state index in [0.717, 1.165) is 33.6 Å². The summed E-state index contributed by atoms with van der Waals surface area (Å²) < 4.78 is 0. The van der Waals surface area contributed by atoms with Gasteiger partial charge in [0.05, 0.1) is 17.6 Å². The minimum absolute atomic E-state index is 0.913. The van der Waals surface area contributed by atoms with Crippen LogP contribution in [0.5, 0.6) is 0 Å². The van der Waals surface area contributed by atoms with Crippen LogP contribution in [0.3, 0.4) is 0 Å². The van der Waals surface area contributed by atoms with E-state index in [0.29, 0.717) is 0 Å². The maximum absolute atomic E-state index is 4.51. The quantitative estimate of drug-likeness (QED) is 0.704. The lowest BCUT2D eigenvalue weighted by atomic mass is 9.97. The van der Waals surface area contributed by atoms with Gasteiger partial charge in [-0.2, -0.15) is 10.2 Å². The van der Waals surface area contributed by atoms with Gasteiger partial charge < -0.3 is 0 Å². The van der Waals surface area contributed by atoms with Crippen molar-refractivity contribution in [2.24, 2.45) is 0 Å². The van der Waals surface area contributed by atoms with Gasteiger partial charge in [0, 0.05) is 17.3 Å². The molecule has 0 saturated carbocycles. The third kappa shape index (κ3) is 2.30. The van der Waals surface area contributed by atoms with Gasteiger partial charge in [-0.25, -0.2) is 0 Å². The molecule has 0 aliphatic heterocycles. The lowest BCUT2D eigenvalue weighted by molar-refractivity contribution is 0.983. The summed E-state index contributed by atoms with van der Waals surface area (Å²) in [7, 11) is 0. The molecule has 20 heavy (non-hydrogen) atoms. The van der Waals surface area contributed by atoms with E-state index in [1.807, 2.05) is 44.3 Å². The van der Waals surface area contributed by atoms with Crippen LogP contribution in [0.25, 0.3) is 22.4 Å². The summed E-state index contributed by atoms with van der Waals surface area (Å²) in [5, 5.41) is 8.26. The van der Waals surface area contributed by atoms with Gasteiger partial charge in [0.25, 0.3) is 0 Å². The molecule has 0 aliphatic rings. The predicted molar refractivity (Wildman–Crippen MR) is 80.2 cm³/mol. The summed E-state index contributed by atoms with van der Waals surface area (Å²) in [6, 6.07) is 14.3. The topological polar surface area (TPSA) is 38.7 Å². The van der Waals surface area contributed by atoms with Crippen molar-refractivity contribution < 1.29 is 0 Å². The van der Waals surface area contributed by atoms with E-state index in [-0.39, 0.29) is 0 Å². The van der Waals surface area contributed by atoms with Crippen LogP contribution in [0.1, 0.15) is 11.3 Å². The SMILES string of the molecule is Cc1ccc(-c2cnnc(C)c2-c2ccccc2)nc1. The standard InChI is InChI=1S/C17H15N3/c1-12-8-9-16(18-10-12)15-11-19-20-13(2)17(15)14-6-4-3-5-7-14/h3-11H,1-2H3. The molecule has 0 saturated heterocycles. The fourth-order valence-corrected chi connectivity index (χ4v) is 2.27. The van der Waals surface area contributed by atoms with E-state index < -0.39 is 0 Å². The fraction of sp³-hybridized carbons (Fsp3) is 0.118. The minimum Gasteiger partial charge on any atom is -0.256 e. The summed E-state index contributed by atoms with van der Waals surface area (Å²) >= 11 is 0. The average Bonchev–Trinajstić information content (AvgIpc) is 2.49. The highest BCUT2D eigenvalue weighted by Gasteiger charge is 2.12. The Morgan fingerprint density at radius 1 is 0.850 bits per heavy atom. The van der Waals surface area contributed by atoms with E-state index in [4.69, 9.17) is 0 Å². The van der Waals surface area contributed by atoms with Crippen LogP contribution in [0, 0.1) is 13.8 Å². The molecule has 1 aromatic carbocycles. The molecule has 0 atom stereocenters. The molecule has 3 rings (SSSR count). The van der Waals surface area contributed by atoms with Gasteiger partial charge in [0.2, 0.25) is 0 Å². The molecule has 0 aliphatic carbocycles. The van der Waals surface area contributed by atoms with Gasteiger partial charge in [-0.15, -0.1) is 0 Å². The number of hydrogen-bond donors (Lipinski definition) is 0. The van der Waals surface area contributed by atoms with Gasteiger partial charge in [-0.1, -0.05) is 36.4 Å². The van der Waals surface area contributed by atoms with Crippen molar-refractivity contribution in [2.75, 3.05) is 0 Å². The average molecular weight is 261 g/mol. The van der Waals surface area contributed by atoms with Crippen LogP contribution < -0.4 is 0 Å². The third-order valence-electron chi connectivity index (χ3n) is 3.28. The van der Waals surface area contributed by atoms with Gasteiger partial charge in [0.15, 0.2) is 0 Å². The molecule has 3 heteroatoms. The lowest BCUT2D eigenvalue weighted by Gasteiger charge is -2.11. The van der Waals surface area contributed by atoms with Crippen molar-refractivity contribution >= 4 is 0 Å². The molecule has 98 valence electrons. The molecule has 0 radical (unpaired) electrons. The van der Waals surface area contributed by atoms with Crippen LogP contribution in [0.2, 0.25) is 0 Å². The fourth-order valence-electron chi connectivity index (χ4n) is 2.27. The van der Waals surface area contributed by atoms with Crippen LogP contribution in [0.4, 0.5) is 0 Å². The Hall–Kier alpha value is -2.55. The van der Waals surface area contributed by atoms with E-state index in [9.17, 15) is 0 Å². The number of pyridine rings is 1. The van der Waals surface area contributed by atoms with Crippen LogP contribution in [0.15, 0.2) is 54.9 Å². The molecule has 0 spiro atoms. The summed E-state index contributed by atoms with van der Waals surface area (Å²) in [5.74, 6) is 0. The van der Waals surface area contributed by atoms with Crippen molar-refractivity contribution in [1.29, 1.82) is 0 Å². The van der Waals surface area contributed by atoms with E-state index in [1.165, 1.54) is 0 Å². The second-order valence-corrected chi connectivity index (χ2v) is 4.81. The normalized spacial score (nSPS) is 10.5. The first-order valence-corrected chi connectivity index (χ1v) is 6.56. The maximum atomic E-state index is 4.51. The summed E-state index contributed by atoms with van der Waals surface area (Å²) in [6.45, 7) is 4.01. The smallest absolute Gasteiger partial charge is 0.0725 e. The molecule has 2 heterocycles. The Kier molecular flexibility index (Phi) is 3.25. The predicted octanol–water partition coefficient (Wildman–Crippen LogP) is 3.82. The second-order valence-electron chi connectivity index (χ2n) is 4.81. The Balaban J connectivity index is 2.22. The van der Waals surface area contributed by atoms with Crippen LogP contribution in [-0.4, -0.2) is 15.2 Å². The summed E-state index contributed by atoms with van der Waals surface area (Å²) in [6.07, 6.45) is 3.66. The largest absolute Gasteiger partial charge is 0.256 e. The van der Waals surface area contributed by atoms with Gasteiger partial charge in [-0.3, -0.25) is 4.98 Å². The Morgan fingerprint density at radius 3 is 2.35 bits per heavy atom. The van der Waals surface area contributed by atoms with E-state index in [2.05, 4.69) is 33.4 Å². The summed E-state index contributed by atoms with van der Waals surface area (Å²) in [4.78, 5) is 4.51.